The van der Waals surface area contributed by atoms with Crippen molar-refractivity contribution >= 4 is 21.7 Å². The zero-order chi connectivity index (χ0) is 26.7. The molecule has 0 fully saturated rings. The monoisotopic (exact) mass is 535 g/mol. The Morgan fingerprint density at radius 2 is 1.97 bits per heavy atom. The molecule has 1 unspecified atom stereocenters. The van der Waals surface area contributed by atoms with Crippen LogP contribution in [0.5, 0.6) is 17.2 Å². The summed E-state index contributed by atoms with van der Waals surface area (Å²) in [6, 6.07) is 14.6. The molecule has 4 heterocycles. The zero-order valence-corrected chi connectivity index (χ0v) is 21.9. The molecule has 3 aromatic rings. The molecule has 8 bridgehead atoms. The lowest BCUT2D eigenvalue weighted by atomic mass is 9.87. The van der Waals surface area contributed by atoms with Crippen molar-refractivity contribution in [2.45, 2.75) is 25.3 Å². The minimum Gasteiger partial charge on any atom is -0.494 e. The average molecular weight is 536 g/mol. The van der Waals surface area contributed by atoms with Crippen LogP contribution in [0, 0.1) is 0 Å². The van der Waals surface area contributed by atoms with Crippen LogP contribution < -0.4 is 14.8 Å². The fraction of sp³-hybridized carbons (Fsp3) is 0.321. The molecule has 2 aromatic carbocycles. The molecule has 3 aliphatic rings. The molecule has 0 aliphatic carbocycles. The van der Waals surface area contributed by atoms with Crippen molar-refractivity contribution in [3.05, 3.63) is 83.2 Å². The Morgan fingerprint density at radius 3 is 2.82 bits per heavy atom. The van der Waals surface area contributed by atoms with Gasteiger partial charge in [0, 0.05) is 32.0 Å². The largest absolute Gasteiger partial charge is 0.494 e. The third-order valence-electron chi connectivity index (χ3n) is 6.61. The predicted molar refractivity (Wildman–Crippen MR) is 141 cm³/mol. The fourth-order valence-electron chi connectivity index (χ4n) is 4.79. The number of fused-ring (bicyclic) bond motifs is 6. The van der Waals surface area contributed by atoms with Crippen LogP contribution in [0.2, 0.25) is 0 Å². The number of sulfone groups is 1. The summed E-state index contributed by atoms with van der Waals surface area (Å²) in [5, 5.41) is 2.87. The highest BCUT2D eigenvalue weighted by atomic mass is 32.2. The summed E-state index contributed by atoms with van der Waals surface area (Å²) in [4.78, 5) is 31.7. The second-order valence-corrected chi connectivity index (χ2v) is 11.8. The first-order valence-corrected chi connectivity index (χ1v) is 14.6. The van der Waals surface area contributed by atoms with Crippen LogP contribution in [0.25, 0.3) is 0 Å². The first kappa shape index (κ1) is 25.7. The Bertz CT molecular complexity index is 1470. The summed E-state index contributed by atoms with van der Waals surface area (Å²) in [5.41, 5.74) is 3.24. The molecular formula is C28H29N3O6S. The Kier molecular flexibility index (Phi) is 7.33. The number of benzene rings is 2. The Morgan fingerprint density at radius 1 is 1.11 bits per heavy atom. The van der Waals surface area contributed by atoms with Crippen LogP contribution >= 0.6 is 0 Å². The molecule has 2 amide bonds. The molecule has 1 N–H and O–H groups in total. The van der Waals surface area contributed by atoms with Gasteiger partial charge in [0.05, 0.1) is 30.2 Å². The highest BCUT2D eigenvalue weighted by Gasteiger charge is 2.33. The van der Waals surface area contributed by atoms with E-state index >= 15 is 0 Å². The second-order valence-electron chi connectivity index (χ2n) is 9.52. The van der Waals surface area contributed by atoms with Crippen molar-refractivity contribution in [3.63, 3.8) is 0 Å². The molecule has 38 heavy (non-hydrogen) atoms. The second kappa shape index (κ2) is 10.8. The van der Waals surface area contributed by atoms with Gasteiger partial charge in [-0.25, -0.2) is 8.42 Å². The third-order valence-corrected chi connectivity index (χ3v) is 7.56. The lowest BCUT2D eigenvalue weighted by Crippen LogP contribution is -2.41. The number of carbonyl (C=O) groups is 2. The average Bonchev–Trinajstić information content (AvgIpc) is 2.90. The van der Waals surface area contributed by atoms with Crippen LogP contribution in [-0.4, -0.2) is 61.8 Å². The molecule has 0 saturated heterocycles. The summed E-state index contributed by atoms with van der Waals surface area (Å²) in [6.07, 6.45) is 5.31. The molecule has 9 nitrogen and oxygen atoms in total. The zero-order valence-electron chi connectivity index (χ0n) is 21.1. The molecule has 0 spiro atoms. The summed E-state index contributed by atoms with van der Waals surface area (Å²) >= 11 is 0. The fourth-order valence-corrected chi connectivity index (χ4v) is 5.33. The Balaban J connectivity index is 1.54. The summed E-state index contributed by atoms with van der Waals surface area (Å²) < 4.78 is 35.5. The van der Waals surface area contributed by atoms with E-state index in [0.29, 0.717) is 55.4 Å². The van der Waals surface area contributed by atoms with Gasteiger partial charge in [0.25, 0.3) is 5.91 Å². The lowest BCUT2D eigenvalue weighted by molar-refractivity contribution is -0.132. The highest BCUT2D eigenvalue weighted by Crippen LogP contribution is 2.39. The maximum atomic E-state index is 13.3. The quantitative estimate of drug-likeness (QED) is 0.547. The predicted octanol–water partition coefficient (Wildman–Crippen LogP) is 3.30. The SMILES string of the molecule is CS(=O)(=O)CCC(=O)N1CCc2cc3ccc2C1c1cccc(c1)OCCCNC(=O)c1cncc(c1)O3. The third kappa shape index (κ3) is 5.96. The molecule has 198 valence electrons. The van der Waals surface area contributed by atoms with Gasteiger partial charge in [0.15, 0.2) is 0 Å². The first-order chi connectivity index (χ1) is 18.3. The standard InChI is InChI=1S/C28H29N3O6S/c1-38(34,35)13-9-26(32)31-11-8-19-14-23-6-7-25(19)27(31)20-4-2-5-22(15-20)36-12-3-10-30-28(33)21-16-24(37-23)18-29-17-21/h2,4-7,14-18,27H,3,8-13H2,1H3,(H,30,33). The van der Waals surface area contributed by atoms with E-state index in [1.807, 2.05) is 42.5 Å². The molecule has 0 radical (unpaired) electrons. The molecule has 0 saturated carbocycles. The molecule has 1 aromatic heterocycles. The number of hydrogen-bond donors (Lipinski definition) is 1. The van der Waals surface area contributed by atoms with Crippen molar-refractivity contribution in [1.29, 1.82) is 0 Å². The van der Waals surface area contributed by atoms with E-state index in [0.717, 1.165) is 22.9 Å². The summed E-state index contributed by atoms with van der Waals surface area (Å²) in [6.45, 7) is 1.26. The normalized spacial score (nSPS) is 17.4. The van der Waals surface area contributed by atoms with Crippen LogP contribution in [0.4, 0.5) is 0 Å². The number of rotatable bonds is 3. The number of aromatic nitrogens is 1. The van der Waals surface area contributed by atoms with Gasteiger partial charge in [0.1, 0.15) is 27.1 Å². The molecule has 6 rings (SSSR count). The van der Waals surface area contributed by atoms with E-state index in [1.54, 1.807) is 17.2 Å². The first-order valence-electron chi connectivity index (χ1n) is 12.5. The number of nitrogens with one attached hydrogen (secondary N) is 1. The Hall–Kier alpha value is -3.92. The van der Waals surface area contributed by atoms with Gasteiger partial charge in [-0.3, -0.25) is 14.6 Å². The topological polar surface area (TPSA) is 115 Å². The van der Waals surface area contributed by atoms with Gasteiger partial charge in [-0.1, -0.05) is 18.2 Å². The van der Waals surface area contributed by atoms with E-state index < -0.39 is 15.9 Å². The summed E-state index contributed by atoms with van der Waals surface area (Å²) in [5.74, 6) is 1.05. The van der Waals surface area contributed by atoms with Gasteiger partial charge in [-0.15, -0.1) is 0 Å². The lowest BCUT2D eigenvalue weighted by Gasteiger charge is -2.38. The van der Waals surface area contributed by atoms with Crippen LogP contribution in [0.1, 0.15) is 45.9 Å². The van der Waals surface area contributed by atoms with E-state index in [9.17, 15) is 18.0 Å². The van der Waals surface area contributed by atoms with Crippen LogP contribution in [-0.2, 0) is 21.1 Å². The van der Waals surface area contributed by atoms with E-state index in [4.69, 9.17) is 9.47 Å². The molecular weight excluding hydrogens is 506 g/mol. The number of ether oxygens (including phenoxy) is 2. The van der Waals surface area contributed by atoms with E-state index in [-0.39, 0.29) is 24.0 Å². The smallest absolute Gasteiger partial charge is 0.252 e. The van der Waals surface area contributed by atoms with E-state index in [1.165, 1.54) is 6.20 Å². The number of amides is 2. The minimum atomic E-state index is -3.27. The maximum absolute atomic E-state index is 13.3. The Labute approximate surface area is 221 Å². The van der Waals surface area contributed by atoms with Crippen LogP contribution in [0.15, 0.2) is 60.9 Å². The van der Waals surface area contributed by atoms with Gasteiger partial charge < -0.3 is 19.7 Å². The van der Waals surface area contributed by atoms with Crippen molar-refractivity contribution in [2.75, 3.05) is 31.7 Å². The molecule has 1 atom stereocenters. The molecule has 3 aliphatic heterocycles. The van der Waals surface area contributed by atoms with Crippen molar-refractivity contribution in [1.82, 2.24) is 15.2 Å². The van der Waals surface area contributed by atoms with Crippen molar-refractivity contribution in [3.8, 4) is 17.2 Å². The van der Waals surface area contributed by atoms with Gasteiger partial charge in [-0.2, -0.15) is 0 Å². The molecule has 10 heteroatoms. The van der Waals surface area contributed by atoms with E-state index in [2.05, 4.69) is 10.3 Å². The number of hydrogen-bond acceptors (Lipinski definition) is 7. The van der Waals surface area contributed by atoms with Gasteiger partial charge in [0.2, 0.25) is 5.91 Å². The minimum absolute atomic E-state index is 0.0723. The van der Waals surface area contributed by atoms with Crippen LogP contribution in [0.3, 0.4) is 0 Å². The number of nitrogens with zero attached hydrogens (tertiary/aromatic N) is 2. The number of carbonyl (C=O) groups excluding carboxylic acids is 2. The van der Waals surface area contributed by atoms with Gasteiger partial charge in [-0.05, 0) is 59.9 Å². The van der Waals surface area contributed by atoms with Crippen molar-refractivity contribution in [2.24, 2.45) is 0 Å². The maximum Gasteiger partial charge on any atom is 0.252 e. The van der Waals surface area contributed by atoms with Crippen molar-refractivity contribution < 1.29 is 27.5 Å². The highest BCUT2D eigenvalue weighted by molar-refractivity contribution is 7.90. The van der Waals surface area contributed by atoms with Gasteiger partial charge >= 0.3 is 0 Å². The number of pyridine rings is 1. The summed E-state index contributed by atoms with van der Waals surface area (Å²) in [7, 11) is -3.27.